The molecule has 3 atom stereocenters. The van der Waals surface area contributed by atoms with Crippen molar-refractivity contribution in [3.05, 3.63) is 41.0 Å². The molecule has 9 heteroatoms. The smallest absolute Gasteiger partial charge is 0.243 e. The largest absolute Gasteiger partial charge is 0.391 e. The Morgan fingerprint density at radius 2 is 2.00 bits per heavy atom. The minimum Gasteiger partial charge on any atom is -0.391 e. The van der Waals surface area contributed by atoms with Crippen LogP contribution < -0.4 is 11.1 Å². The van der Waals surface area contributed by atoms with Gasteiger partial charge in [0, 0.05) is 19.5 Å². The lowest BCUT2D eigenvalue weighted by Gasteiger charge is -2.27. The number of carbonyl (C=O) groups excluding carboxylic acids is 2. The van der Waals surface area contributed by atoms with Gasteiger partial charge in [0.15, 0.2) is 0 Å². The molecule has 3 rings (SSSR count). The Morgan fingerprint density at radius 3 is 2.57 bits per heavy atom. The molecule has 30 heavy (non-hydrogen) atoms. The minimum atomic E-state index is -0.712. The van der Waals surface area contributed by atoms with Crippen molar-refractivity contribution in [2.45, 2.75) is 51.9 Å². The van der Waals surface area contributed by atoms with E-state index in [1.807, 2.05) is 50.5 Å². The highest BCUT2D eigenvalue weighted by Gasteiger charge is 2.40. The number of hydrogen-bond donors (Lipinski definition) is 3. The molecule has 2 heterocycles. The monoisotopic (exact) mass is 452 g/mol. The number of nitrogens with zero attached hydrogens (tertiary/aromatic N) is 2. The van der Waals surface area contributed by atoms with Crippen LogP contribution in [0.3, 0.4) is 0 Å². The van der Waals surface area contributed by atoms with Crippen LogP contribution in [0.5, 0.6) is 0 Å². The van der Waals surface area contributed by atoms with Gasteiger partial charge < -0.3 is 21.1 Å². The fraction of sp³-hybridized carbons (Fsp3) is 0.476. The van der Waals surface area contributed by atoms with Gasteiger partial charge in [0.05, 0.1) is 28.2 Å². The molecule has 2 amide bonds. The number of rotatable bonds is 6. The van der Waals surface area contributed by atoms with Gasteiger partial charge in [-0.1, -0.05) is 38.1 Å². The highest BCUT2D eigenvalue weighted by molar-refractivity contribution is 7.13. The van der Waals surface area contributed by atoms with Gasteiger partial charge in [-0.2, -0.15) is 0 Å². The van der Waals surface area contributed by atoms with Gasteiger partial charge in [-0.05, 0) is 24.0 Å². The van der Waals surface area contributed by atoms with E-state index in [0.29, 0.717) is 6.54 Å². The van der Waals surface area contributed by atoms with Gasteiger partial charge in [-0.25, -0.2) is 4.98 Å². The van der Waals surface area contributed by atoms with Gasteiger partial charge in [0.25, 0.3) is 0 Å². The van der Waals surface area contributed by atoms with E-state index in [-0.39, 0.29) is 43.1 Å². The molecule has 1 saturated heterocycles. The fourth-order valence-electron chi connectivity index (χ4n) is 3.44. The average molecular weight is 453 g/mol. The Morgan fingerprint density at radius 1 is 1.33 bits per heavy atom. The summed E-state index contributed by atoms with van der Waals surface area (Å²) in [6.45, 7) is 6.20. The molecular formula is C21H29ClN4O3S. The molecule has 164 valence electrons. The minimum absolute atomic E-state index is 0. The number of amides is 2. The zero-order valence-corrected chi connectivity index (χ0v) is 19.0. The first-order valence-corrected chi connectivity index (χ1v) is 10.7. The number of aromatic nitrogens is 1. The zero-order chi connectivity index (χ0) is 21.1. The summed E-state index contributed by atoms with van der Waals surface area (Å²) >= 11 is 1.60. The molecule has 1 aromatic carbocycles. The predicted octanol–water partition coefficient (Wildman–Crippen LogP) is 2.10. The van der Waals surface area contributed by atoms with Crippen LogP contribution in [0.2, 0.25) is 0 Å². The topological polar surface area (TPSA) is 109 Å². The number of thiazole rings is 1. The Balaban J connectivity index is 0.00000320. The number of aryl methyl sites for hydroxylation is 1. The van der Waals surface area contributed by atoms with Gasteiger partial charge in [0.1, 0.15) is 6.04 Å². The number of β-amino-alcohol motifs (C(OH)–C–C–N with tert-alkyl or cyclic N) is 1. The highest BCUT2D eigenvalue weighted by Crippen LogP contribution is 2.27. The summed E-state index contributed by atoms with van der Waals surface area (Å²) in [4.78, 5) is 32.1. The van der Waals surface area contributed by atoms with Crippen LogP contribution in [0, 0.1) is 12.8 Å². The molecular weight excluding hydrogens is 424 g/mol. The molecule has 2 unspecified atom stereocenters. The number of aliphatic hydroxyl groups is 1. The SMILES string of the molecule is Cc1ncsc1-c1ccc(CNC(=O)C2CC(O)CN2C(=O)[C@@H](N)C(C)C)cc1.Cl. The summed E-state index contributed by atoms with van der Waals surface area (Å²) < 4.78 is 0. The normalized spacial score (nSPS) is 19.5. The van der Waals surface area contributed by atoms with Gasteiger partial charge in [0.2, 0.25) is 11.8 Å². The van der Waals surface area contributed by atoms with E-state index in [4.69, 9.17) is 5.73 Å². The maximum Gasteiger partial charge on any atom is 0.243 e. The molecule has 4 N–H and O–H groups in total. The molecule has 0 aliphatic carbocycles. The highest BCUT2D eigenvalue weighted by atomic mass is 35.5. The van der Waals surface area contributed by atoms with Crippen molar-refractivity contribution in [1.29, 1.82) is 0 Å². The van der Waals surface area contributed by atoms with Crippen LogP contribution in [-0.2, 0) is 16.1 Å². The van der Waals surface area contributed by atoms with Crippen molar-refractivity contribution in [3.63, 3.8) is 0 Å². The predicted molar refractivity (Wildman–Crippen MR) is 120 cm³/mol. The number of nitrogens with one attached hydrogen (secondary N) is 1. The maximum atomic E-state index is 12.7. The number of benzene rings is 1. The summed E-state index contributed by atoms with van der Waals surface area (Å²) in [7, 11) is 0. The molecule has 1 aromatic heterocycles. The first-order chi connectivity index (χ1) is 13.8. The number of likely N-dealkylation sites (tertiary alicyclic amines) is 1. The quantitative estimate of drug-likeness (QED) is 0.622. The van der Waals surface area contributed by atoms with Crippen LogP contribution in [0.15, 0.2) is 29.8 Å². The first kappa shape index (κ1) is 24.3. The first-order valence-electron chi connectivity index (χ1n) is 9.79. The van der Waals surface area contributed by atoms with Crippen molar-refractivity contribution in [2.75, 3.05) is 6.54 Å². The fourth-order valence-corrected chi connectivity index (χ4v) is 4.25. The Kier molecular flexibility index (Phi) is 8.37. The van der Waals surface area contributed by atoms with E-state index in [0.717, 1.165) is 21.7 Å². The van der Waals surface area contributed by atoms with Crippen molar-refractivity contribution in [3.8, 4) is 10.4 Å². The standard InChI is InChI=1S/C21H28N4O3S.ClH/c1-12(2)18(22)21(28)25-10-16(26)8-17(25)20(27)23-9-14-4-6-15(7-5-14)19-13(3)24-11-29-19;/h4-7,11-12,16-18,26H,8-10,22H2,1-3H3,(H,23,27);1H/t16?,17?,18-;/m0./s1. The van der Waals surface area contributed by atoms with Crippen molar-refractivity contribution < 1.29 is 14.7 Å². The van der Waals surface area contributed by atoms with E-state index in [1.54, 1.807) is 11.3 Å². The van der Waals surface area contributed by atoms with Crippen molar-refractivity contribution in [1.82, 2.24) is 15.2 Å². The maximum absolute atomic E-state index is 12.7. The molecule has 0 saturated carbocycles. The summed E-state index contributed by atoms with van der Waals surface area (Å²) in [5, 5.41) is 12.9. The van der Waals surface area contributed by atoms with Gasteiger partial charge in [-0.15, -0.1) is 23.7 Å². The Bertz CT molecular complexity index is 871. The second-order valence-corrected chi connectivity index (χ2v) is 8.70. The molecule has 7 nitrogen and oxygen atoms in total. The summed E-state index contributed by atoms with van der Waals surface area (Å²) in [5.41, 5.74) is 10.8. The van der Waals surface area contributed by atoms with Gasteiger partial charge >= 0.3 is 0 Å². The van der Waals surface area contributed by atoms with E-state index in [2.05, 4.69) is 10.3 Å². The van der Waals surface area contributed by atoms with E-state index in [1.165, 1.54) is 4.90 Å². The third kappa shape index (κ3) is 5.37. The number of halogens is 1. The second-order valence-electron chi connectivity index (χ2n) is 7.85. The van der Waals surface area contributed by atoms with Crippen molar-refractivity contribution >= 4 is 35.6 Å². The van der Waals surface area contributed by atoms with Crippen LogP contribution in [0.4, 0.5) is 0 Å². The van der Waals surface area contributed by atoms with Crippen LogP contribution in [-0.4, -0.2) is 51.5 Å². The lowest BCUT2D eigenvalue weighted by Crippen LogP contribution is -2.52. The lowest BCUT2D eigenvalue weighted by molar-refractivity contribution is -0.140. The van der Waals surface area contributed by atoms with Gasteiger partial charge in [-0.3, -0.25) is 9.59 Å². The average Bonchev–Trinajstić information content (AvgIpc) is 3.30. The van der Waals surface area contributed by atoms with E-state index in [9.17, 15) is 14.7 Å². The van der Waals surface area contributed by atoms with Crippen LogP contribution >= 0.6 is 23.7 Å². The summed E-state index contributed by atoms with van der Waals surface area (Å²) in [5.74, 6) is -0.598. The molecule has 0 radical (unpaired) electrons. The number of hydrogen-bond acceptors (Lipinski definition) is 6. The molecule has 1 aliphatic heterocycles. The number of carbonyl (C=O) groups is 2. The Labute approximate surface area is 187 Å². The molecule has 0 bridgehead atoms. The second kappa shape index (κ2) is 10.3. The molecule has 0 spiro atoms. The lowest BCUT2D eigenvalue weighted by atomic mass is 10.0. The third-order valence-corrected chi connectivity index (χ3v) is 6.27. The van der Waals surface area contributed by atoms with Crippen LogP contribution in [0.25, 0.3) is 10.4 Å². The molecule has 1 fully saturated rings. The number of aliphatic hydroxyl groups excluding tert-OH is 1. The van der Waals surface area contributed by atoms with E-state index < -0.39 is 18.2 Å². The third-order valence-electron chi connectivity index (χ3n) is 5.30. The molecule has 2 aromatic rings. The number of nitrogens with two attached hydrogens (primary N) is 1. The Hall–Kier alpha value is -2.00. The van der Waals surface area contributed by atoms with E-state index >= 15 is 0 Å². The van der Waals surface area contributed by atoms with Crippen molar-refractivity contribution in [2.24, 2.45) is 11.7 Å². The summed E-state index contributed by atoms with van der Waals surface area (Å²) in [6.07, 6.45) is -0.484. The molecule has 1 aliphatic rings. The zero-order valence-electron chi connectivity index (χ0n) is 17.4. The summed E-state index contributed by atoms with van der Waals surface area (Å²) in [6, 6.07) is 6.59. The van der Waals surface area contributed by atoms with Crippen LogP contribution in [0.1, 0.15) is 31.5 Å².